The zero-order valence-corrected chi connectivity index (χ0v) is 11.1. The van der Waals surface area contributed by atoms with E-state index < -0.39 is 23.8 Å². The number of hydrogen-bond acceptors (Lipinski definition) is 3. The van der Waals surface area contributed by atoms with Crippen molar-refractivity contribution < 1.29 is 18.3 Å². The molecule has 1 heterocycles. The van der Waals surface area contributed by atoms with Gasteiger partial charge in [-0.3, -0.25) is 4.98 Å². The van der Waals surface area contributed by atoms with Gasteiger partial charge in [-0.05, 0) is 23.3 Å². The van der Waals surface area contributed by atoms with E-state index in [1.165, 1.54) is 24.4 Å². The fraction of sp³-hybridized carbons (Fsp3) is 0.267. The first kappa shape index (κ1) is 15.5. The van der Waals surface area contributed by atoms with Gasteiger partial charge in [-0.1, -0.05) is 24.3 Å². The maximum Gasteiger partial charge on any atom is 0.416 e. The third-order valence-electron chi connectivity index (χ3n) is 3.33. The van der Waals surface area contributed by atoms with Crippen LogP contribution in [0.1, 0.15) is 28.7 Å². The molecule has 0 saturated carbocycles. The summed E-state index contributed by atoms with van der Waals surface area (Å²) >= 11 is 0. The minimum atomic E-state index is -4.52. The van der Waals surface area contributed by atoms with Gasteiger partial charge in [0.1, 0.15) is 0 Å². The number of alkyl halides is 3. The Labute approximate surface area is 120 Å². The van der Waals surface area contributed by atoms with Crippen LogP contribution < -0.4 is 5.73 Å². The van der Waals surface area contributed by atoms with Gasteiger partial charge in [0.05, 0.1) is 11.7 Å². The quantitative estimate of drug-likeness (QED) is 0.912. The van der Waals surface area contributed by atoms with Crippen molar-refractivity contribution in [1.82, 2.24) is 4.98 Å². The highest BCUT2D eigenvalue weighted by Gasteiger charge is 2.36. The Morgan fingerprint density at radius 3 is 2.43 bits per heavy atom. The molecular formula is C15H15F3N2O. The van der Waals surface area contributed by atoms with Crippen molar-refractivity contribution in [3.05, 3.63) is 65.5 Å². The highest BCUT2D eigenvalue weighted by Crippen LogP contribution is 2.38. The Kier molecular flexibility index (Phi) is 4.59. The second-order valence-electron chi connectivity index (χ2n) is 4.66. The highest BCUT2D eigenvalue weighted by molar-refractivity contribution is 5.34. The monoisotopic (exact) mass is 296 g/mol. The molecule has 0 aliphatic rings. The molecule has 2 rings (SSSR count). The number of rotatable bonds is 4. The number of benzene rings is 1. The van der Waals surface area contributed by atoms with Crippen LogP contribution in [0.2, 0.25) is 0 Å². The molecule has 1 aromatic carbocycles. The van der Waals surface area contributed by atoms with Gasteiger partial charge in [0.2, 0.25) is 0 Å². The van der Waals surface area contributed by atoms with E-state index in [-0.39, 0.29) is 12.1 Å². The third-order valence-corrected chi connectivity index (χ3v) is 3.33. The van der Waals surface area contributed by atoms with Crippen molar-refractivity contribution in [2.24, 2.45) is 5.73 Å². The van der Waals surface area contributed by atoms with Gasteiger partial charge >= 0.3 is 6.18 Å². The summed E-state index contributed by atoms with van der Waals surface area (Å²) in [6.45, 7) is 0.0129. The largest absolute Gasteiger partial charge is 0.416 e. The fourth-order valence-electron chi connectivity index (χ4n) is 2.27. The molecule has 0 bridgehead atoms. The molecule has 21 heavy (non-hydrogen) atoms. The van der Waals surface area contributed by atoms with Gasteiger partial charge < -0.3 is 10.8 Å². The molecule has 112 valence electrons. The molecule has 0 aliphatic heterocycles. The number of nitrogens with two attached hydrogens (primary N) is 1. The van der Waals surface area contributed by atoms with Gasteiger partial charge in [0.15, 0.2) is 0 Å². The van der Waals surface area contributed by atoms with Crippen molar-refractivity contribution in [3.8, 4) is 0 Å². The molecular weight excluding hydrogens is 281 g/mol. The summed E-state index contributed by atoms with van der Waals surface area (Å²) in [7, 11) is 0. The lowest BCUT2D eigenvalue weighted by Crippen LogP contribution is -2.22. The molecule has 2 unspecified atom stereocenters. The van der Waals surface area contributed by atoms with E-state index in [2.05, 4.69) is 4.98 Å². The minimum absolute atomic E-state index is 0.0129. The highest BCUT2D eigenvalue weighted by atomic mass is 19.4. The van der Waals surface area contributed by atoms with Crippen molar-refractivity contribution in [3.63, 3.8) is 0 Å². The van der Waals surface area contributed by atoms with Gasteiger partial charge in [-0.2, -0.15) is 13.2 Å². The molecule has 2 aromatic rings. The van der Waals surface area contributed by atoms with E-state index in [0.717, 1.165) is 6.07 Å². The first-order valence-electron chi connectivity index (χ1n) is 6.39. The SMILES string of the molecule is NCC(c1cccnc1)C(O)c1ccccc1C(F)(F)F. The van der Waals surface area contributed by atoms with Crippen LogP contribution in [0, 0.1) is 0 Å². The molecule has 0 saturated heterocycles. The summed E-state index contributed by atoms with van der Waals surface area (Å²) < 4.78 is 39.1. The van der Waals surface area contributed by atoms with Crippen molar-refractivity contribution in [2.45, 2.75) is 18.2 Å². The normalized spacial score (nSPS) is 14.7. The fourth-order valence-corrected chi connectivity index (χ4v) is 2.27. The Hall–Kier alpha value is -1.92. The third kappa shape index (κ3) is 3.40. The van der Waals surface area contributed by atoms with Crippen LogP contribution in [0.3, 0.4) is 0 Å². The summed E-state index contributed by atoms with van der Waals surface area (Å²) in [6, 6.07) is 8.32. The predicted octanol–water partition coefficient (Wildman–Crippen LogP) is 2.88. The first-order chi connectivity index (χ1) is 9.95. The van der Waals surface area contributed by atoms with Crippen LogP contribution >= 0.6 is 0 Å². The second-order valence-corrected chi connectivity index (χ2v) is 4.66. The van der Waals surface area contributed by atoms with Crippen LogP contribution in [-0.4, -0.2) is 16.6 Å². The second kappa shape index (κ2) is 6.24. The van der Waals surface area contributed by atoms with Gasteiger partial charge in [-0.15, -0.1) is 0 Å². The Balaban J connectivity index is 2.42. The number of hydrogen-bond donors (Lipinski definition) is 2. The molecule has 0 spiro atoms. The maximum atomic E-state index is 13.0. The molecule has 1 aromatic heterocycles. The summed E-state index contributed by atoms with van der Waals surface area (Å²) in [6.07, 6.45) is -2.83. The van der Waals surface area contributed by atoms with E-state index in [0.29, 0.717) is 5.56 Å². The lowest BCUT2D eigenvalue weighted by atomic mass is 9.88. The topological polar surface area (TPSA) is 59.1 Å². The maximum absolute atomic E-state index is 13.0. The van der Waals surface area contributed by atoms with E-state index in [9.17, 15) is 18.3 Å². The van der Waals surface area contributed by atoms with Gasteiger partial charge in [-0.25, -0.2) is 0 Å². The number of nitrogens with zero attached hydrogens (tertiary/aromatic N) is 1. The van der Waals surface area contributed by atoms with E-state index in [1.807, 2.05) is 0 Å². The first-order valence-corrected chi connectivity index (χ1v) is 6.39. The van der Waals surface area contributed by atoms with E-state index in [1.54, 1.807) is 18.3 Å². The zero-order chi connectivity index (χ0) is 15.5. The van der Waals surface area contributed by atoms with Crippen molar-refractivity contribution >= 4 is 0 Å². The molecule has 0 aliphatic carbocycles. The molecule has 0 amide bonds. The summed E-state index contributed by atoms with van der Waals surface area (Å²) in [4.78, 5) is 3.91. The average molecular weight is 296 g/mol. The van der Waals surface area contributed by atoms with Gasteiger partial charge in [0.25, 0.3) is 0 Å². The van der Waals surface area contributed by atoms with Crippen LogP contribution in [0.25, 0.3) is 0 Å². The van der Waals surface area contributed by atoms with Crippen molar-refractivity contribution in [1.29, 1.82) is 0 Å². The number of aliphatic hydroxyl groups excluding tert-OH is 1. The van der Waals surface area contributed by atoms with Crippen molar-refractivity contribution in [2.75, 3.05) is 6.54 Å². The standard InChI is InChI=1S/C15H15F3N2O/c16-15(17,18)13-6-2-1-5-11(13)14(21)12(8-19)10-4-3-7-20-9-10/h1-7,9,12,14,21H,8,19H2. The number of aliphatic hydroxyl groups is 1. The summed E-state index contributed by atoms with van der Waals surface area (Å²) in [5.41, 5.74) is 5.21. The zero-order valence-electron chi connectivity index (χ0n) is 11.1. The molecule has 0 radical (unpaired) electrons. The molecule has 3 nitrogen and oxygen atoms in total. The van der Waals surface area contributed by atoms with E-state index >= 15 is 0 Å². The van der Waals surface area contributed by atoms with E-state index in [4.69, 9.17) is 5.73 Å². The molecule has 0 fully saturated rings. The summed E-state index contributed by atoms with van der Waals surface area (Å²) in [5, 5.41) is 10.4. The van der Waals surface area contributed by atoms with Crippen LogP contribution in [0.4, 0.5) is 13.2 Å². The number of halogens is 3. The lowest BCUT2D eigenvalue weighted by Gasteiger charge is -2.24. The minimum Gasteiger partial charge on any atom is -0.388 e. The van der Waals surface area contributed by atoms with Crippen LogP contribution in [0.15, 0.2) is 48.8 Å². The Bertz CT molecular complexity index is 587. The van der Waals surface area contributed by atoms with Crippen LogP contribution in [-0.2, 0) is 6.18 Å². The number of aromatic nitrogens is 1. The molecule has 6 heteroatoms. The lowest BCUT2D eigenvalue weighted by molar-refractivity contribution is -0.139. The predicted molar refractivity (Wildman–Crippen MR) is 72.4 cm³/mol. The Morgan fingerprint density at radius 1 is 1.14 bits per heavy atom. The Morgan fingerprint density at radius 2 is 1.86 bits per heavy atom. The van der Waals surface area contributed by atoms with Crippen LogP contribution in [0.5, 0.6) is 0 Å². The average Bonchev–Trinajstić information content (AvgIpc) is 2.48. The van der Waals surface area contributed by atoms with Gasteiger partial charge in [0, 0.05) is 24.9 Å². The smallest absolute Gasteiger partial charge is 0.388 e. The molecule has 3 N–H and O–H groups in total. The summed E-state index contributed by atoms with van der Waals surface area (Å²) in [5.74, 6) is -0.651. The molecule has 2 atom stereocenters. The number of pyridine rings is 1.